The second-order valence-electron chi connectivity index (χ2n) is 8.87. The molecule has 0 unspecified atom stereocenters. The van der Waals surface area contributed by atoms with E-state index >= 15 is 0 Å². The summed E-state index contributed by atoms with van der Waals surface area (Å²) in [5, 5.41) is 8.50. The van der Waals surface area contributed by atoms with Gasteiger partial charge in [0.2, 0.25) is 0 Å². The molecule has 2 aromatic carbocycles. The fraction of sp³-hybridized carbons (Fsp3) is 0.360. The fourth-order valence-corrected chi connectivity index (χ4v) is 4.76. The number of hydrogen-bond acceptors (Lipinski definition) is 4. The molecule has 1 saturated heterocycles. The number of benzene rings is 2. The molecule has 7 nitrogen and oxygen atoms in total. The molecule has 7 heteroatoms. The molecule has 0 bridgehead atoms. The van der Waals surface area contributed by atoms with Crippen molar-refractivity contribution in [2.45, 2.75) is 39.2 Å². The third-order valence-electron chi connectivity index (χ3n) is 6.61. The first kappa shape index (κ1) is 20.4. The van der Waals surface area contributed by atoms with Crippen LogP contribution < -0.4 is 0 Å². The molecule has 5 rings (SSSR count). The molecule has 0 radical (unpaired) electrons. The zero-order chi connectivity index (χ0) is 22.2. The second-order valence-corrected chi connectivity index (χ2v) is 8.87. The second kappa shape index (κ2) is 8.22. The maximum absolute atomic E-state index is 13.7. The summed E-state index contributed by atoms with van der Waals surface area (Å²) in [7, 11) is 2.08. The van der Waals surface area contributed by atoms with E-state index in [0.717, 1.165) is 53.9 Å². The van der Waals surface area contributed by atoms with Crippen LogP contribution in [-0.2, 0) is 13.5 Å². The molecule has 0 N–H and O–H groups in total. The number of carbonyl (C=O) groups excluding carboxylic acids is 1. The van der Waals surface area contributed by atoms with E-state index in [1.807, 2.05) is 42.2 Å². The van der Waals surface area contributed by atoms with E-state index in [4.69, 9.17) is 4.98 Å². The van der Waals surface area contributed by atoms with Gasteiger partial charge in [-0.1, -0.05) is 23.8 Å². The number of fused-ring (bicyclic) bond motifs is 1. The normalized spacial score (nSPS) is 18.9. The lowest BCUT2D eigenvalue weighted by atomic mass is 9.90. The predicted molar refractivity (Wildman–Crippen MR) is 124 cm³/mol. The molecule has 0 spiro atoms. The Morgan fingerprint density at radius 2 is 1.88 bits per heavy atom. The molecular weight excluding hydrogens is 400 g/mol. The van der Waals surface area contributed by atoms with Gasteiger partial charge in [0.15, 0.2) is 0 Å². The van der Waals surface area contributed by atoms with Crippen molar-refractivity contribution in [3.8, 4) is 5.69 Å². The minimum atomic E-state index is 0.0446. The third kappa shape index (κ3) is 3.68. The number of imidazole rings is 1. The molecule has 3 heterocycles. The number of piperidine rings is 1. The summed E-state index contributed by atoms with van der Waals surface area (Å²) < 4.78 is 2.18. The Bertz CT molecular complexity index is 1260. The largest absolute Gasteiger partial charge is 0.336 e. The molecule has 32 heavy (non-hydrogen) atoms. The van der Waals surface area contributed by atoms with E-state index in [2.05, 4.69) is 40.9 Å². The Labute approximate surface area is 187 Å². The van der Waals surface area contributed by atoms with Crippen LogP contribution in [0.1, 0.15) is 41.5 Å². The van der Waals surface area contributed by atoms with E-state index in [9.17, 15) is 4.79 Å². The highest BCUT2D eigenvalue weighted by molar-refractivity contribution is 5.98. The Hall–Kier alpha value is -3.48. The van der Waals surface area contributed by atoms with Crippen molar-refractivity contribution >= 4 is 16.9 Å². The van der Waals surface area contributed by atoms with Crippen molar-refractivity contribution in [2.24, 2.45) is 13.0 Å². The maximum Gasteiger partial charge on any atom is 0.256 e. The van der Waals surface area contributed by atoms with Crippen molar-refractivity contribution in [3.05, 3.63) is 71.8 Å². The predicted octanol–water partition coefficient (Wildman–Crippen LogP) is 3.95. The molecule has 2 aromatic heterocycles. The van der Waals surface area contributed by atoms with Crippen LogP contribution in [0, 0.1) is 12.8 Å². The smallest absolute Gasteiger partial charge is 0.256 e. The Kier molecular flexibility index (Phi) is 5.25. The first-order valence-corrected chi connectivity index (χ1v) is 11.2. The van der Waals surface area contributed by atoms with Gasteiger partial charge in [0, 0.05) is 26.1 Å². The Balaban J connectivity index is 1.41. The van der Waals surface area contributed by atoms with Crippen molar-refractivity contribution in [1.82, 2.24) is 29.4 Å². The quantitative estimate of drug-likeness (QED) is 0.494. The molecule has 1 amide bonds. The first-order valence-electron chi connectivity index (χ1n) is 11.2. The number of amides is 1. The van der Waals surface area contributed by atoms with Crippen LogP contribution >= 0.6 is 0 Å². The summed E-state index contributed by atoms with van der Waals surface area (Å²) in [6.07, 6.45) is 6.20. The van der Waals surface area contributed by atoms with Crippen LogP contribution in [0.5, 0.6) is 0 Å². The van der Waals surface area contributed by atoms with Crippen LogP contribution in [0.25, 0.3) is 16.7 Å². The van der Waals surface area contributed by atoms with Crippen molar-refractivity contribution < 1.29 is 4.79 Å². The number of hydrogen-bond donors (Lipinski definition) is 0. The summed E-state index contributed by atoms with van der Waals surface area (Å²) in [4.78, 5) is 22.1. The summed E-state index contributed by atoms with van der Waals surface area (Å²) in [5.41, 5.74) is 4.59. The van der Waals surface area contributed by atoms with Crippen LogP contribution in [0.3, 0.4) is 0 Å². The number of nitrogens with zero attached hydrogens (tertiary/aromatic N) is 6. The molecule has 1 fully saturated rings. The molecule has 2 atom stereocenters. The molecule has 4 aromatic rings. The SMILES string of the molecule is Cc1ccc(-n2nccn2)c(C(=O)N2C[C@@H](Cc3nc4ccccc4n3C)CC[C@@H]2C)c1. The number of para-hydroxylation sites is 2. The van der Waals surface area contributed by atoms with Gasteiger partial charge in [-0.15, -0.1) is 0 Å². The minimum Gasteiger partial charge on any atom is -0.336 e. The topological polar surface area (TPSA) is 68.8 Å². The monoisotopic (exact) mass is 428 g/mol. The van der Waals surface area contributed by atoms with E-state index in [0.29, 0.717) is 11.5 Å². The summed E-state index contributed by atoms with van der Waals surface area (Å²) in [6, 6.07) is 14.3. The number of carbonyl (C=O) groups is 1. The third-order valence-corrected chi connectivity index (χ3v) is 6.61. The number of likely N-dealkylation sites (tertiary alicyclic amines) is 1. The van der Waals surface area contributed by atoms with Gasteiger partial charge in [-0.2, -0.15) is 15.0 Å². The van der Waals surface area contributed by atoms with Gasteiger partial charge >= 0.3 is 0 Å². The average molecular weight is 429 g/mol. The lowest BCUT2D eigenvalue weighted by Crippen LogP contribution is -2.46. The van der Waals surface area contributed by atoms with Gasteiger partial charge < -0.3 is 9.47 Å². The Morgan fingerprint density at radius 3 is 2.66 bits per heavy atom. The first-order chi connectivity index (χ1) is 15.5. The van der Waals surface area contributed by atoms with Crippen molar-refractivity contribution in [2.75, 3.05) is 6.54 Å². The average Bonchev–Trinajstić information content (AvgIpc) is 3.44. The van der Waals surface area contributed by atoms with Crippen LogP contribution in [0.15, 0.2) is 54.9 Å². The van der Waals surface area contributed by atoms with E-state index in [-0.39, 0.29) is 11.9 Å². The fourth-order valence-electron chi connectivity index (χ4n) is 4.76. The Morgan fingerprint density at radius 1 is 1.09 bits per heavy atom. The van der Waals surface area contributed by atoms with Gasteiger partial charge in [-0.25, -0.2) is 4.98 Å². The van der Waals surface area contributed by atoms with Crippen LogP contribution in [0.2, 0.25) is 0 Å². The van der Waals surface area contributed by atoms with Gasteiger partial charge in [-0.3, -0.25) is 4.79 Å². The summed E-state index contributed by atoms with van der Waals surface area (Å²) >= 11 is 0. The highest BCUT2D eigenvalue weighted by atomic mass is 16.2. The van der Waals surface area contributed by atoms with Gasteiger partial charge in [0.05, 0.1) is 34.7 Å². The number of aryl methyl sites for hydroxylation is 2. The summed E-state index contributed by atoms with van der Waals surface area (Å²) in [6.45, 7) is 4.87. The van der Waals surface area contributed by atoms with Gasteiger partial charge in [0.25, 0.3) is 5.91 Å². The molecular formula is C25H28N6O. The minimum absolute atomic E-state index is 0.0446. The highest BCUT2D eigenvalue weighted by Gasteiger charge is 2.32. The van der Waals surface area contributed by atoms with E-state index in [1.165, 1.54) is 4.80 Å². The van der Waals surface area contributed by atoms with Crippen molar-refractivity contribution in [3.63, 3.8) is 0 Å². The molecule has 0 saturated carbocycles. The lowest BCUT2D eigenvalue weighted by molar-refractivity contribution is 0.0557. The summed E-state index contributed by atoms with van der Waals surface area (Å²) in [5.74, 6) is 1.50. The lowest BCUT2D eigenvalue weighted by Gasteiger charge is -2.38. The van der Waals surface area contributed by atoms with Crippen LogP contribution in [0.4, 0.5) is 0 Å². The number of rotatable bonds is 4. The van der Waals surface area contributed by atoms with E-state index < -0.39 is 0 Å². The highest BCUT2D eigenvalue weighted by Crippen LogP contribution is 2.28. The zero-order valence-corrected chi connectivity index (χ0v) is 18.8. The molecule has 0 aliphatic carbocycles. The number of aromatic nitrogens is 5. The maximum atomic E-state index is 13.7. The molecule has 1 aliphatic heterocycles. The standard InChI is InChI=1S/C25H28N6O/c1-17-8-11-22(31-26-12-13-27-31)20(14-17)25(32)30-16-19(10-9-18(30)2)15-24-28-21-6-4-5-7-23(21)29(24)3/h4-8,11-14,18-19H,9-10,15-16H2,1-3H3/t18-,19+/m0/s1. The van der Waals surface area contributed by atoms with Crippen molar-refractivity contribution in [1.29, 1.82) is 0 Å². The zero-order valence-electron chi connectivity index (χ0n) is 18.8. The van der Waals surface area contributed by atoms with Gasteiger partial charge in [-0.05, 0) is 56.9 Å². The van der Waals surface area contributed by atoms with E-state index in [1.54, 1.807) is 12.4 Å². The molecule has 164 valence electrons. The molecule has 1 aliphatic rings. The van der Waals surface area contributed by atoms with Crippen LogP contribution in [-0.4, -0.2) is 47.9 Å². The van der Waals surface area contributed by atoms with Gasteiger partial charge in [0.1, 0.15) is 5.82 Å².